The van der Waals surface area contributed by atoms with Crippen LogP contribution in [0.3, 0.4) is 0 Å². The molecule has 0 atom stereocenters. The molecule has 0 spiro atoms. The van der Waals surface area contributed by atoms with E-state index < -0.39 is 20.6 Å². The Morgan fingerprint density at radius 2 is 2.00 bits per heavy atom. The zero-order valence-corrected chi connectivity index (χ0v) is 19.3. The first kappa shape index (κ1) is 21.0. The summed E-state index contributed by atoms with van der Waals surface area (Å²) in [7, 11) is -7.09. The lowest BCUT2D eigenvalue weighted by Gasteiger charge is -2.42. The predicted octanol–water partition coefficient (Wildman–Crippen LogP) is 4.79. The van der Waals surface area contributed by atoms with Crippen molar-refractivity contribution < 1.29 is 17.5 Å². The molecule has 0 aliphatic carbocycles. The van der Waals surface area contributed by atoms with Crippen LogP contribution in [0.2, 0.25) is 0 Å². The van der Waals surface area contributed by atoms with Gasteiger partial charge in [-0.2, -0.15) is 15.9 Å². The number of nitriles is 1. The van der Waals surface area contributed by atoms with E-state index in [1.165, 1.54) is 21.7 Å². The van der Waals surface area contributed by atoms with Crippen LogP contribution in [0.15, 0.2) is 58.3 Å². The number of rotatable bonds is 3. The molecule has 3 heterocycles. The van der Waals surface area contributed by atoms with Gasteiger partial charge in [-0.15, -0.1) is 11.3 Å². The zero-order valence-electron chi connectivity index (χ0n) is 16.8. The summed E-state index contributed by atoms with van der Waals surface area (Å²) in [5.41, 5.74) is 2.60. The molecule has 0 saturated heterocycles. The first-order valence-electron chi connectivity index (χ1n) is 9.58. The summed E-state index contributed by atoms with van der Waals surface area (Å²) in [6.07, 6.45) is 0. The summed E-state index contributed by atoms with van der Waals surface area (Å²) in [4.78, 5) is 7.65. The molecule has 0 amide bonds. The van der Waals surface area contributed by atoms with Crippen molar-refractivity contribution in [2.75, 3.05) is 16.6 Å². The molecular formula is C21H18N4O4S3. The first-order chi connectivity index (χ1) is 15.2. The molecule has 2 aromatic heterocycles. The van der Waals surface area contributed by atoms with Gasteiger partial charge in [0.05, 0.1) is 43.0 Å². The highest BCUT2D eigenvalue weighted by Gasteiger charge is 2.36. The standard InChI is InChI=1S/C21H18N4O4S3/c1-13-23-18-6-4-16(11-20(18)30-13)32(28,29)25-8-9-31(26,27)21-7-2-14(10-19(21)25)17-5-3-15(12-22)24-17/h2-7,10-11,24,26-27H,8-9H2,1H3. The monoisotopic (exact) mass is 486 g/mol. The average molecular weight is 487 g/mol. The average Bonchev–Trinajstić information content (AvgIpc) is 3.38. The van der Waals surface area contributed by atoms with Crippen LogP contribution in [0.1, 0.15) is 10.7 Å². The van der Waals surface area contributed by atoms with Crippen LogP contribution in [0.25, 0.3) is 21.5 Å². The van der Waals surface area contributed by atoms with E-state index >= 15 is 0 Å². The van der Waals surface area contributed by atoms with E-state index in [1.807, 2.05) is 13.0 Å². The highest BCUT2D eigenvalue weighted by atomic mass is 32.3. The molecule has 0 radical (unpaired) electrons. The van der Waals surface area contributed by atoms with Crippen LogP contribution >= 0.6 is 21.9 Å². The summed E-state index contributed by atoms with van der Waals surface area (Å²) in [6, 6.07) is 15.0. The number of aromatic amines is 1. The van der Waals surface area contributed by atoms with Crippen molar-refractivity contribution in [3.05, 3.63) is 59.2 Å². The minimum atomic E-state index is -3.97. The summed E-state index contributed by atoms with van der Waals surface area (Å²) in [5, 5.41) is 9.92. The topological polar surface area (TPSA) is 130 Å². The van der Waals surface area contributed by atoms with Crippen LogP contribution in [-0.4, -0.2) is 39.8 Å². The molecule has 11 heteroatoms. The van der Waals surface area contributed by atoms with Gasteiger partial charge in [-0.1, -0.05) is 6.07 Å². The van der Waals surface area contributed by atoms with E-state index in [4.69, 9.17) is 5.26 Å². The van der Waals surface area contributed by atoms with Crippen molar-refractivity contribution in [2.24, 2.45) is 0 Å². The van der Waals surface area contributed by atoms with Crippen molar-refractivity contribution in [2.45, 2.75) is 16.7 Å². The molecule has 164 valence electrons. The second kappa shape index (κ2) is 7.33. The summed E-state index contributed by atoms with van der Waals surface area (Å²) in [6.45, 7) is 1.81. The van der Waals surface area contributed by atoms with Gasteiger partial charge in [0.25, 0.3) is 10.0 Å². The molecule has 3 N–H and O–H groups in total. The lowest BCUT2D eigenvalue weighted by atomic mass is 10.1. The largest absolute Gasteiger partial charge is 0.346 e. The van der Waals surface area contributed by atoms with Gasteiger partial charge in [0, 0.05) is 11.3 Å². The minimum absolute atomic E-state index is 0.0605. The smallest absolute Gasteiger partial charge is 0.264 e. The van der Waals surface area contributed by atoms with E-state index in [-0.39, 0.29) is 27.8 Å². The quantitative estimate of drug-likeness (QED) is 0.382. The zero-order chi connectivity index (χ0) is 22.7. The Hall–Kier alpha value is -2.88. The van der Waals surface area contributed by atoms with Gasteiger partial charge in [0.2, 0.25) is 0 Å². The molecule has 1 aliphatic heterocycles. The number of hydrogen-bond donors (Lipinski definition) is 3. The SMILES string of the molecule is Cc1nc2ccc(S(=O)(=O)N3CCS(O)(O)c4ccc(-c5ccc(C#N)[nH]5)cc43)cc2s1. The van der Waals surface area contributed by atoms with Crippen LogP contribution in [-0.2, 0) is 10.0 Å². The number of thiazole rings is 1. The summed E-state index contributed by atoms with van der Waals surface area (Å²) < 4.78 is 50.4. The van der Waals surface area contributed by atoms with Gasteiger partial charge >= 0.3 is 0 Å². The maximum atomic E-state index is 13.6. The third-order valence-corrected chi connectivity index (χ3v) is 9.88. The Morgan fingerprint density at radius 1 is 1.19 bits per heavy atom. The van der Waals surface area contributed by atoms with E-state index in [0.29, 0.717) is 17.0 Å². The van der Waals surface area contributed by atoms with Crippen molar-refractivity contribution in [3.63, 3.8) is 0 Å². The van der Waals surface area contributed by atoms with E-state index in [2.05, 4.69) is 9.97 Å². The van der Waals surface area contributed by atoms with Crippen LogP contribution in [0.5, 0.6) is 0 Å². The van der Waals surface area contributed by atoms with Crippen LogP contribution in [0, 0.1) is 18.3 Å². The molecular weight excluding hydrogens is 468 g/mol. The lowest BCUT2D eigenvalue weighted by Crippen LogP contribution is -2.38. The number of benzene rings is 2. The number of aromatic nitrogens is 2. The number of aryl methyl sites for hydroxylation is 1. The summed E-state index contributed by atoms with van der Waals surface area (Å²) in [5.74, 6) is -0.0818. The number of fused-ring (bicyclic) bond motifs is 2. The van der Waals surface area contributed by atoms with Gasteiger partial charge in [-0.05, 0) is 49.4 Å². The third-order valence-electron chi connectivity index (χ3n) is 5.33. The van der Waals surface area contributed by atoms with Crippen molar-refractivity contribution in [1.82, 2.24) is 9.97 Å². The third kappa shape index (κ3) is 3.37. The molecule has 32 heavy (non-hydrogen) atoms. The highest BCUT2D eigenvalue weighted by molar-refractivity contribution is 8.24. The Kier molecular flexibility index (Phi) is 4.81. The van der Waals surface area contributed by atoms with E-state index in [0.717, 1.165) is 15.2 Å². The Balaban J connectivity index is 1.64. The Labute approximate surface area is 190 Å². The molecule has 0 bridgehead atoms. The fraction of sp³-hybridized carbons (Fsp3) is 0.143. The molecule has 2 aromatic carbocycles. The van der Waals surface area contributed by atoms with Gasteiger partial charge in [-0.25, -0.2) is 13.4 Å². The van der Waals surface area contributed by atoms with Crippen molar-refractivity contribution in [3.8, 4) is 17.3 Å². The van der Waals surface area contributed by atoms with Crippen molar-refractivity contribution >= 4 is 47.9 Å². The fourth-order valence-corrected chi connectivity index (χ4v) is 7.85. The Morgan fingerprint density at radius 3 is 2.75 bits per heavy atom. The van der Waals surface area contributed by atoms with Gasteiger partial charge in [0.15, 0.2) is 0 Å². The van der Waals surface area contributed by atoms with Gasteiger partial charge in [0.1, 0.15) is 11.8 Å². The summed E-state index contributed by atoms with van der Waals surface area (Å²) >= 11 is 1.42. The number of nitrogens with zero attached hydrogens (tertiary/aromatic N) is 3. The molecule has 0 saturated carbocycles. The van der Waals surface area contributed by atoms with Gasteiger partial charge in [-0.3, -0.25) is 13.4 Å². The first-order valence-corrected chi connectivity index (χ1v) is 13.6. The maximum absolute atomic E-state index is 13.6. The normalized spacial score (nSPS) is 16.5. The predicted molar refractivity (Wildman–Crippen MR) is 126 cm³/mol. The number of H-pyrrole nitrogens is 1. The number of anilines is 1. The Bertz CT molecular complexity index is 1520. The molecule has 1 aliphatic rings. The molecule has 5 rings (SSSR count). The molecule has 0 fully saturated rings. The second-order valence-corrected chi connectivity index (χ2v) is 12.7. The molecule has 8 nitrogen and oxygen atoms in total. The van der Waals surface area contributed by atoms with Crippen LogP contribution < -0.4 is 4.31 Å². The second-order valence-electron chi connectivity index (χ2n) is 7.39. The number of nitrogens with one attached hydrogen (secondary N) is 1. The van der Waals surface area contributed by atoms with Crippen molar-refractivity contribution in [1.29, 1.82) is 5.26 Å². The van der Waals surface area contributed by atoms with Crippen LogP contribution in [0.4, 0.5) is 5.69 Å². The number of sulfonamides is 1. The highest BCUT2D eigenvalue weighted by Crippen LogP contribution is 2.56. The fourth-order valence-electron chi connectivity index (χ4n) is 3.78. The molecule has 0 unspecified atom stereocenters. The van der Waals surface area contributed by atoms with E-state index in [9.17, 15) is 17.5 Å². The van der Waals surface area contributed by atoms with E-state index in [1.54, 1.807) is 42.5 Å². The minimum Gasteiger partial charge on any atom is -0.346 e. The number of hydrogen-bond acceptors (Lipinski definition) is 7. The van der Waals surface area contributed by atoms with Gasteiger partial charge < -0.3 is 4.98 Å². The maximum Gasteiger partial charge on any atom is 0.264 e. The lowest BCUT2D eigenvalue weighted by molar-refractivity contribution is 0.484. The molecule has 4 aromatic rings.